The lowest BCUT2D eigenvalue weighted by molar-refractivity contribution is 0.102. The Balaban J connectivity index is 2.25. The molecule has 98 valence electrons. The van der Waals surface area contributed by atoms with Gasteiger partial charge in [-0.25, -0.2) is 0 Å². The molecule has 0 radical (unpaired) electrons. The summed E-state index contributed by atoms with van der Waals surface area (Å²) in [5, 5.41) is 12.9. The molecule has 2 rings (SSSR count). The van der Waals surface area contributed by atoms with Crippen molar-refractivity contribution in [3.63, 3.8) is 0 Å². The maximum atomic E-state index is 12.0. The van der Waals surface area contributed by atoms with E-state index in [-0.39, 0.29) is 11.3 Å². The van der Waals surface area contributed by atoms with Crippen molar-refractivity contribution in [3.05, 3.63) is 52.0 Å². The van der Waals surface area contributed by atoms with Crippen LogP contribution in [0.15, 0.2) is 36.4 Å². The smallest absolute Gasteiger partial charge is 0.259 e. The van der Waals surface area contributed by atoms with Crippen LogP contribution in [0.25, 0.3) is 0 Å². The van der Waals surface area contributed by atoms with Crippen molar-refractivity contribution < 1.29 is 9.90 Å². The standard InChI is InChI=1S/C13H10Cl2N2O2/c14-7-1-3-9(12(18)5-7)13(19)17-11-4-2-8(16)6-10(11)15/h1-6,18H,16H2,(H,17,19). The third-order valence-electron chi connectivity index (χ3n) is 2.45. The van der Waals surface area contributed by atoms with Crippen molar-refractivity contribution in [2.45, 2.75) is 0 Å². The number of amides is 1. The maximum absolute atomic E-state index is 12.0. The van der Waals surface area contributed by atoms with E-state index in [9.17, 15) is 9.90 Å². The summed E-state index contributed by atoms with van der Waals surface area (Å²) >= 11 is 11.6. The van der Waals surface area contributed by atoms with E-state index in [0.717, 1.165) is 0 Å². The summed E-state index contributed by atoms with van der Waals surface area (Å²) < 4.78 is 0. The van der Waals surface area contributed by atoms with Crippen LogP contribution in [0.5, 0.6) is 5.75 Å². The Morgan fingerprint density at radius 3 is 2.53 bits per heavy atom. The number of halogens is 2. The molecule has 0 bridgehead atoms. The van der Waals surface area contributed by atoms with E-state index in [1.54, 1.807) is 12.1 Å². The van der Waals surface area contributed by atoms with Crippen LogP contribution >= 0.6 is 23.2 Å². The van der Waals surface area contributed by atoms with Crippen LogP contribution in [0.3, 0.4) is 0 Å². The Bertz CT molecular complexity index is 645. The summed E-state index contributed by atoms with van der Waals surface area (Å²) in [6, 6.07) is 8.96. The number of rotatable bonds is 2. The van der Waals surface area contributed by atoms with E-state index >= 15 is 0 Å². The molecule has 4 N–H and O–H groups in total. The topological polar surface area (TPSA) is 75.3 Å². The van der Waals surface area contributed by atoms with Gasteiger partial charge in [-0.1, -0.05) is 23.2 Å². The predicted molar refractivity (Wildman–Crippen MR) is 76.9 cm³/mol. The van der Waals surface area contributed by atoms with Crippen LogP contribution in [0.2, 0.25) is 10.0 Å². The summed E-state index contributed by atoms with van der Waals surface area (Å²) in [5.41, 5.74) is 6.58. The monoisotopic (exact) mass is 296 g/mol. The van der Waals surface area contributed by atoms with Gasteiger partial charge in [0.25, 0.3) is 5.91 Å². The highest BCUT2D eigenvalue weighted by Crippen LogP contribution is 2.27. The Kier molecular flexibility index (Phi) is 3.83. The van der Waals surface area contributed by atoms with Crippen LogP contribution in [-0.4, -0.2) is 11.0 Å². The fourth-order valence-electron chi connectivity index (χ4n) is 1.52. The Hall–Kier alpha value is -1.91. The highest BCUT2D eigenvalue weighted by molar-refractivity contribution is 6.34. The molecule has 0 saturated carbocycles. The van der Waals surface area contributed by atoms with Gasteiger partial charge >= 0.3 is 0 Å². The average Bonchev–Trinajstić information content (AvgIpc) is 2.32. The van der Waals surface area contributed by atoms with Crippen molar-refractivity contribution in [3.8, 4) is 5.75 Å². The van der Waals surface area contributed by atoms with Crippen LogP contribution in [0, 0.1) is 0 Å². The van der Waals surface area contributed by atoms with E-state index in [2.05, 4.69) is 5.32 Å². The first-order valence-corrected chi connectivity index (χ1v) is 6.08. The fraction of sp³-hybridized carbons (Fsp3) is 0. The second-order valence-electron chi connectivity index (χ2n) is 3.85. The van der Waals surface area contributed by atoms with Gasteiger partial charge in [0, 0.05) is 10.7 Å². The average molecular weight is 297 g/mol. The van der Waals surface area contributed by atoms with Gasteiger partial charge in [-0.05, 0) is 36.4 Å². The normalized spacial score (nSPS) is 10.2. The molecule has 2 aromatic rings. The van der Waals surface area contributed by atoms with Crippen molar-refractivity contribution in [2.75, 3.05) is 11.1 Å². The maximum Gasteiger partial charge on any atom is 0.259 e. The van der Waals surface area contributed by atoms with Gasteiger partial charge in [-0.3, -0.25) is 4.79 Å². The van der Waals surface area contributed by atoms with E-state index in [0.29, 0.717) is 21.4 Å². The summed E-state index contributed by atoms with van der Waals surface area (Å²) in [7, 11) is 0. The zero-order valence-corrected chi connectivity index (χ0v) is 11.2. The molecule has 1 amide bonds. The lowest BCUT2D eigenvalue weighted by Gasteiger charge is -2.09. The first-order valence-electron chi connectivity index (χ1n) is 5.32. The SMILES string of the molecule is Nc1ccc(NC(=O)c2ccc(Cl)cc2O)c(Cl)c1. The minimum Gasteiger partial charge on any atom is -0.507 e. The van der Waals surface area contributed by atoms with E-state index < -0.39 is 5.91 Å². The molecule has 6 heteroatoms. The Morgan fingerprint density at radius 2 is 1.89 bits per heavy atom. The highest BCUT2D eigenvalue weighted by Gasteiger charge is 2.13. The summed E-state index contributed by atoms with van der Waals surface area (Å²) in [4.78, 5) is 12.0. The molecule has 0 unspecified atom stereocenters. The number of benzene rings is 2. The largest absolute Gasteiger partial charge is 0.507 e. The Labute approximate surface area is 119 Å². The number of phenols is 1. The van der Waals surface area contributed by atoms with E-state index in [4.69, 9.17) is 28.9 Å². The number of carbonyl (C=O) groups excluding carboxylic acids is 1. The molecule has 2 aromatic carbocycles. The second kappa shape index (κ2) is 5.38. The molecule has 0 aliphatic carbocycles. The molecule has 0 aliphatic heterocycles. The summed E-state index contributed by atoms with van der Waals surface area (Å²) in [5.74, 6) is -0.683. The molecule has 0 fully saturated rings. The zero-order valence-electron chi connectivity index (χ0n) is 9.65. The summed E-state index contributed by atoms with van der Waals surface area (Å²) in [6.45, 7) is 0. The van der Waals surface area contributed by atoms with Crippen LogP contribution in [0.4, 0.5) is 11.4 Å². The van der Waals surface area contributed by atoms with Crippen molar-refractivity contribution in [1.29, 1.82) is 0 Å². The molecular formula is C13H10Cl2N2O2. The molecular weight excluding hydrogens is 287 g/mol. The fourth-order valence-corrected chi connectivity index (χ4v) is 1.92. The number of hydrogen-bond donors (Lipinski definition) is 3. The molecule has 0 saturated heterocycles. The minimum atomic E-state index is -0.485. The van der Waals surface area contributed by atoms with Gasteiger partial charge in [-0.15, -0.1) is 0 Å². The zero-order chi connectivity index (χ0) is 14.0. The molecule has 0 atom stereocenters. The molecule has 0 aliphatic rings. The van der Waals surface area contributed by atoms with Crippen LogP contribution in [-0.2, 0) is 0 Å². The molecule has 19 heavy (non-hydrogen) atoms. The number of nitrogens with two attached hydrogens (primary N) is 1. The predicted octanol–water partition coefficient (Wildman–Crippen LogP) is 3.53. The van der Waals surface area contributed by atoms with Gasteiger partial charge < -0.3 is 16.2 Å². The number of anilines is 2. The first-order chi connectivity index (χ1) is 8.97. The van der Waals surface area contributed by atoms with Gasteiger partial charge in [0.05, 0.1) is 16.3 Å². The molecule has 0 heterocycles. The van der Waals surface area contributed by atoms with Gasteiger partial charge in [0.1, 0.15) is 5.75 Å². The summed E-state index contributed by atoms with van der Waals surface area (Å²) in [6.07, 6.45) is 0. The van der Waals surface area contributed by atoms with Crippen molar-refractivity contribution in [2.24, 2.45) is 0 Å². The highest BCUT2D eigenvalue weighted by atomic mass is 35.5. The number of nitrogen functional groups attached to an aromatic ring is 1. The lowest BCUT2D eigenvalue weighted by atomic mass is 10.2. The molecule has 4 nitrogen and oxygen atoms in total. The minimum absolute atomic E-state index is 0.109. The number of hydrogen-bond acceptors (Lipinski definition) is 3. The van der Waals surface area contributed by atoms with E-state index in [1.807, 2.05) is 0 Å². The number of carbonyl (C=O) groups is 1. The third kappa shape index (κ3) is 3.10. The van der Waals surface area contributed by atoms with E-state index in [1.165, 1.54) is 24.3 Å². The third-order valence-corrected chi connectivity index (χ3v) is 2.99. The molecule has 0 spiro atoms. The molecule has 0 aromatic heterocycles. The van der Waals surface area contributed by atoms with Crippen LogP contribution < -0.4 is 11.1 Å². The quantitative estimate of drug-likeness (QED) is 0.742. The van der Waals surface area contributed by atoms with Crippen LogP contribution in [0.1, 0.15) is 10.4 Å². The number of phenolic OH excluding ortho intramolecular Hbond substituents is 1. The van der Waals surface area contributed by atoms with Crippen molar-refractivity contribution in [1.82, 2.24) is 0 Å². The van der Waals surface area contributed by atoms with Crippen molar-refractivity contribution >= 4 is 40.5 Å². The first kappa shape index (κ1) is 13.5. The number of aromatic hydroxyl groups is 1. The van der Waals surface area contributed by atoms with Gasteiger partial charge in [0.2, 0.25) is 0 Å². The number of nitrogens with one attached hydrogen (secondary N) is 1. The lowest BCUT2D eigenvalue weighted by Crippen LogP contribution is -2.12. The Morgan fingerprint density at radius 1 is 1.16 bits per heavy atom. The second-order valence-corrected chi connectivity index (χ2v) is 4.70. The van der Waals surface area contributed by atoms with Gasteiger partial charge in [0.15, 0.2) is 0 Å². The van der Waals surface area contributed by atoms with Gasteiger partial charge in [-0.2, -0.15) is 0 Å².